The Morgan fingerprint density at radius 2 is 2.00 bits per heavy atom. The summed E-state index contributed by atoms with van der Waals surface area (Å²) in [6.45, 7) is 4.74. The lowest BCUT2D eigenvalue weighted by Crippen LogP contribution is -1.96. The van der Waals surface area contributed by atoms with Gasteiger partial charge < -0.3 is 0 Å². The lowest BCUT2D eigenvalue weighted by Gasteiger charge is -2.19. The van der Waals surface area contributed by atoms with Crippen LogP contribution in [0.4, 0.5) is 0 Å². The minimum Gasteiger partial charge on any atom is -0.0601 e. The van der Waals surface area contributed by atoms with Crippen molar-refractivity contribution >= 4 is 7.92 Å². The molecular formula is C11H13P. The molecular weight excluding hydrogens is 163 g/mol. The van der Waals surface area contributed by atoms with Crippen LogP contribution in [0.3, 0.4) is 0 Å². The molecule has 0 nitrogen and oxygen atoms in total. The average molecular weight is 176 g/mol. The minimum atomic E-state index is 0.0563. The fraction of sp³-hybridized carbons (Fsp3) is 0.545. The summed E-state index contributed by atoms with van der Waals surface area (Å²) in [6, 6.07) is 0. The van der Waals surface area contributed by atoms with Crippen LogP contribution < -0.4 is 0 Å². The van der Waals surface area contributed by atoms with Crippen molar-refractivity contribution in [3.63, 3.8) is 0 Å². The molecule has 0 unspecified atom stereocenters. The average Bonchev–Trinajstić information content (AvgIpc) is 2.61. The molecule has 1 saturated heterocycles. The lowest BCUT2D eigenvalue weighted by molar-refractivity contribution is 0.777. The van der Waals surface area contributed by atoms with Gasteiger partial charge in [-0.05, 0) is 29.9 Å². The molecule has 1 fully saturated rings. The lowest BCUT2D eigenvalue weighted by atomic mass is 10.2. The maximum Gasteiger partial charge on any atom is 0.0353 e. The van der Waals surface area contributed by atoms with E-state index in [9.17, 15) is 0 Å². The van der Waals surface area contributed by atoms with Crippen LogP contribution >= 0.6 is 7.92 Å². The predicted molar refractivity (Wildman–Crippen MR) is 53.7 cm³/mol. The molecule has 0 bridgehead atoms. The quantitative estimate of drug-likeness (QED) is 0.424. The van der Waals surface area contributed by atoms with Crippen LogP contribution in [0.25, 0.3) is 0 Å². The van der Waals surface area contributed by atoms with Crippen LogP contribution in [0.5, 0.6) is 0 Å². The summed E-state index contributed by atoms with van der Waals surface area (Å²) in [4.78, 5) is 0. The van der Waals surface area contributed by atoms with Crippen LogP contribution in [0.15, 0.2) is 28.6 Å². The summed E-state index contributed by atoms with van der Waals surface area (Å²) in [6.07, 6.45) is 4.86. The normalized spacial score (nSPS) is 33.3. The van der Waals surface area contributed by atoms with E-state index in [1.807, 2.05) is 0 Å². The van der Waals surface area contributed by atoms with Crippen molar-refractivity contribution in [2.24, 2.45) is 0 Å². The van der Waals surface area contributed by atoms with Gasteiger partial charge in [-0.3, -0.25) is 0 Å². The SMILES string of the molecule is C[C@H]1CC[C@H](C)P1C1=C=C=C=C1. The first-order valence-corrected chi connectivity index (χ1v) is 6.02. The van der Waals surface area contributed by atoms with Crippen molar-refractivity contribution in [3.8, 4) is 0 Å². The van der Waals surface area contributed by atoms with E-state index in [2.05, 4.69) is 37.1 Å². The van der Waals surface area contributed by atoms with Gasteiger partial charge in [0.2, 0.25) is 0 Å². The molecule has 1 heteroatoms. The summed E-state index contributed by atoms with van der Waals surface area (Å²) in [5, 5.41) is 1.39. The smallest absolute Gasteiger partial charge is 0.0353 e. The highest BCUT2D eigenvalue weighted by molar-refractivity contribution is 7.64. The van der Waals surface area contributed by atoms with E-state index in [1.54, 1.807) is 0 Å². The third-order valence-corrected chi connectivity index (χ3v) is 5.91. The Bertz CT molecular complexity index is 311. The molecule has 0 saturated carbocycles. The maximum atomic E-state index is 3.19. The highest BCUT2D eigenvalue weighted by Crippen LogP contribution is 2.61. The molecule has 0 radical (unpaired) electrons. The Balaban J connectivity index is 2.23. The minimum absolute atomic E-state index is 0.0563. The van der Waals surface area contributed by atoms with Crippen molar-refractivity contribution in [3.05, 3.63) is 28.6 Å². The van der Waals surface area contributed by atoms with Crippen molar-refractivity contribution in [2.75, 3.05) is 0 Å². The van der Waals surface area contributed by atoms with Crippen LogP contribution in [-0.4, -0.2) is 11.3 Å². The molecule has 2 aliphatic rings. The summed E-state index contributed by atoms with van der Waals surface area (Å²) in [5.41, 5.74) is 10.9. The second-order valence-electron chi connectivity index (χ2n) is 3.61. The number of hydrogen-bond acceptors (Lipinski definition) is 0. The van der Waals surface area contributed by atoms with E-state index >= 15 is 0 Å². The largest absolute Gasteiger partial charge is 0.0601 e. The summed E-state index contributed by atoms with van der Waals surface area (Å²) >= 11 is 0. The molecule has 1 heterocycles. The van der Waals surface area contributed by atoms with Gasteiger partial charge >= 0.3 is 0 Å². The molecule has 0 amide bonds. The van der Waals surface area contributed by atoms with Crippen molar-refractivity contribution in [2.45, 2.75) is 38.0 Å². The molecule has 0 aromatic heterocycles. The molecule has 2 atom stereocenters. The van der Waals surface area contributed by atoms with E-state index in [4.69, 9.17) is 0 Å². The zero-order valence-corrected chi connectivity index (χ0v) is 8.49. The van der Waals surface area contributed by atoms with Crippen molar-refractivity contribution < 1.29 is 0 Å². The van der Waals surface area contributed by atoms with Gasteiger partial charge in [-0.2, -0.15) is 0 Å². The Kier molecular flexibility index (Phi) is 2.10. The molecule has 0 aromatic rings. The zero-order chi connectivity index (χ0) is 8.55. The summed E-state index contributed by atoms with van der Waals surface area (Å²) in [7, 11) is 0.0563. The Hall–Kier alpha value is -0.490. The fourth-order valence-electron chi connectivity index (χ4n) is 2.05. The van der Waals surface area contributed by atoms with Gasteiger partial charge in [0.15, 0.2) is 0 Å². The van der Waals surface area contributed by atoms with Gasteiger partial charge in [-0.1, -0.05) is 33.2 Å². The molecule has 0 spiro atoms. The third kappa shape index (κ3) is 1.25. The molecule has 1 aliphatic carbocycles. The standard InChI is InChI=1S/C11H13P/c1-9-7-8-10(2)12(9)11-5-3-4-6-11/h5,9-10H,7-8H2,1-2H3/t9-,10-/m0/s1. The Morgan fingerprint density at radius 1 is 1.33 bits per heavy atom. The summed E-state index contributed by atoms with van der Waals surface area (Å²) in [5.74, 6) is 0. The first-order chi connectivity index (χ1) is 5.79. The molecule has 0 N–H and O–H groups in total. The van der Waals surface area contributed by atoms with Gasteiger partial charge in [-0.25, -0.2) is 0 Å². The zero-order valence-electron chi connectivity index (χ0n) is 7.59. The molecule has 2 rings (SSSR count). The van der Waals surface area contributed by atoms with Gasteiger partial charge in [0.25, 0.3) is 0 Å². The van der Waals surface area contributed by atoms with E-state index < -0.39 is 0 Å². The monoisotopic (exact) mass is 176 g/mol. The molecule has 1 aliphatic heterocycles. The molecule has 12 heavy (non-hydrogen) atoms. The first-order valence-electron chi connectivity index (χ1n) is 4.54. The topological polar surface area (TPSA) is 0 Å². The van der Waals surface area contributed by atoms with Crippen molar-refractivity contribution in [1.82, 2.24) is 0 Å². The van der Waals surface area contributed by atoms with Crippen LogP contribution in [0, 0.1) is 0 Å². The molecule has 62 valence electrons. The van der Waals surface area contributed by atoms with E-state index in [0.717, 1.165) is 11.3 Å². The van der Waals surface area contributed by atoms with Crippen LogP contribution in [0.2, 0.25) is 0 Å². The van der Waals surface area contributed by atoms with E-state index in [1.165, 1.54) is 18.2 Å². The van der Waals surface area contributed by atoms with Gasteiger partial charge in [0.05, 0.1) is 0 Å². The first kappa shape index (κ1) is 8.12. The maximum absolute atomic E-state index is 3.19. The third-order valence-electron chi connectivity index (χ3n) is 2.70. The van der Waals surface area contributed by atoms with Gasteiger partial charge in [-0.15, -0.1) is 0 Å². The second kappa shape index (κ2) is 3.10. The predicted octanol–water partition coefficient (Wildman–Crippen LogP) is 3.40. The Morgan fingerprint density at radius 3 is 2.50 bits per heavy atom. The van der Waals surface area contributed by atoms with E-state index in [0.29, 0.717) is 0 Å². The highest BCUT2D eigenvalue weighted by Gasteiger charge is 2.31. The number of hydrogen-bond donors (Lipinski definition) is 0. The van der Waals surface area contributed by atoms with Gasteiger partial charge in [0.1, 0.15) is 0 Å². The Labute approximate surface area is 75.1 Å². The second-order valence-corrected chi connectivity index (χ2v) is 6.67. The van der Waals surface area contributed by atoms with Crippen molar-refractivity contribution in [1.29, 1.82) is 0 Å². The number of rotatable bonds is 1. The van der Waals surface area contributed by atoms with Crippen LogP contribution in [0.1, 0.15) is 26.7 Å². The van der Waals surface area contributed by atoms with Crippen LogP contribution in [-0.2, 0) is 0 Å². The van der Waals surface area contributed by atoms with E-state index in [-0.39, 0.29) is 7.92 Å². The highest BCUT2D eigenvalue weighted by atomic mass is 31.1. The fourth-order valence-corrected chi connectivity index (χ4v) is 5.12. The number of allylic oxidation sites excluding steroid dienone is 2. The molecule has 0 aromatic carbocycles. The summed E-state index contributed by atoms with van der Waals surface area (Å²) < 4.78 is 0. The van der Waals surface area contributed by atoms with Gasteiger partial charge in [0, 0.05) is 11.4 Å².